The molecule has 2 fully saturated rings. The van der Waals surface area contributed by atoms with E-state index < -0.39 is 5.60 Å². The van der Waals surface area contributed by atoms with E-state index in [0.29, 0.717) is 5.92 Å². The van der Waals surface area contributed by atoms with Crippen LogP contribution in [0.1, 0.15) is 43.7 Å². The van der Waals surface area contributed by atoms with E-state index in [1.165, 1.54) is 12.0 Å². The monoisotopic (exact) mass is 265 g/mol. The molecular formula is C15H20ClNO. The average molecular weight is 266 g/mol. The summed E-state index contributed by atoms with van der Waals surface area (Å²) in [5, 5.41) is 15.2. The molecule has 0 unspecified atom stereocenters. The van der Waals surface area contributed by atoms with Crippen LogP contribution in [0.3, 0.4) is 0 Å². The van der Waals surface area contributed by atoms with Gasteiger partial charge in [-0.3, -0.25) is 0 Å². The Kier molecular flexibility index (Phi) is 3.35. The van der Waals surface area contributed by atoms with Crippen molar-refractivity contribution in [2.45, 2.75) is 43.7 Å². The van der Waals surface area contributed by atoms with Gasteiger partial charge in [-0.05, 0) is 43.5 Å². The summed E-state index contributed by atoms with van der Waals surface area (Å²) in [5.41, 5.74) is 0.753. The van der Waals surface area contributed by atoms with Crippen molar-refractivity contribution < 1.29 is 5.11 Å². The fourth-order valence-corrected chi connectivity index (χ4v) is 3.87. The summed E-state index contributed by atoms with van der Waals surface area (Å²) in [7, 11) is 0. The molecule has 0 radical (unpaired) electrons. The van der Waals surface area contributed by atoms with E-state index in [1.807, 2.05) is 18.2 Å². The van der Waals surface area contributed by atoms with E-state index in [1.54, 1.807) is 0 Å². The standard InChI is InChI=1S/C15H20ClNO/c16-12-5-3-4-11(10-12)14-13-6-1-2-7-15(13,18)8-9-17-14/h3-5,10,13-14,17-18H,1-2,6-9H2/t13-,14+,15+/m1/s1. The van der Waals surface area contributed by atoms with E-state index in [-0.39, 0.29) is 6.04 Å². The fraction of sp³-hybridized carbons (Fsp3) is 0.600. The smallest absolute Gasteiger partial charge is 0.0706 e. The Labute approximate surface area is 113 Å². The first-order chi connectivity index (χ1) is 8.69. The average Bonchev–Trinajstić information content (AvgIpc) is 2.37. The Morgan fingerprint density at radius 1 is 1.28 bits per heavy atom. The van der Waals surface area contributed by atoms with Gasteiger partial charge in [0.25, 0.3) is 0 Å². The third-order valence-electron chi connectivity index (χ3n) is 4.60. The molecule has 98 valence electrons. The normalized spacial score (nSPS) is 36.1. The molecule has 0 spiro atoms. The van der Waals surface area contributed by atoms with Gasteiger partial charge in [-0.1, -0.05) is 36.6 Å². The predicted octanol–water partition coefficient (Wildman–Crippen LogP) is 3.30. The van der Waals surface area contributed by atoms with Gasteiger partial charge in [0.15, 0.2) is 0 Å². The number of benzene rings is 1. The van der Waals surface area contributed by atoms with Crippen LogP contribution in [0.15, 0.2) is 24.3 Å². The van der Waals surface area contributed by atoms with E-state index in [9.17, 15) is 5.11 Å². The van der Waals surface area contributed by atoms with E-state index in [0.717, 1.165) is 37.3 Å². The van der Waals surface area contributed by atoms with Crippen LogP contribution < -0.4 is 5.32 Å². The third-order valence-corrected chi connectivity index (χ3v) is 4.83. The molecule has 1 saturated heterocycles. The first-order valence-electron chi connectivity index (χ1n) is 6.90. The fourth-order valence-electron chi connectivity index (χ4n) is 3.67. The molecule has 3 atom stereocenters. The number of hydrogen-bond donors (Lipinski definition) is 2. The van der Waals surface area contributed by atoms with Crippen molar-refractivity contribution in [2.24, 2.45) is 5.92 Å². The minimum atomic E-state index is -0.462. The topological polar surface area (TPSA) is 32.3 Å². The highest BCUT2D eigenvalue weighted by molar-refractivity contribution is 6.30. The molecule has 1 aromatic carbocycles. The van der Waals surface area contributed by atoms with Crippen molar-refractivity contribution in [2.75, 3.05) is 6.54 Å². The van der Waals surface area contributed by atoms with Crippen molar-refractivity contribution in [3.63, 3.8) is 0 Å². The quantitative estimate of drug-likeness (QED) is 0.817. The number of nitrogens with one attached hydrogen (secondary N) is 1. The summed E-state index contributed by atoms with van der Waals surface area (Å²) in [6, 6.07) is 8.29. The van der Waals surface area contributed by atoms with Crippen LogP contribution in [0.4, 0.5) is 0 Å². The second-order valence-corrected chi connectivity index (χ2v) is 6.13. The van der Waals surface area contributed by atoms with Crippen LogP contribution in [0, 0.1) is 5.92 Å². The third kappa shape index (κ3) is 2.18. The van der Waals surface area contributed by atoms with Gasteiger partial charge in [-0.2, -0.15) is 0 Å². The summed E-state index contributed by atoms with van der Waals surface area (Å²) in [6.45, 7) is 0.893. The Morgan fingerprint density at radius 2 is 2.17 bits per heavy atom. The molecule has 1 saturated carbocycles. The number of aliphatic hydroxyl groups is 1. The molecule has 2 nitrogen and oxygen atoms in total. The van der Waals surface area contributed by atoms with E-state index in [4.69, 9.17) is 11.6 Å². The SMILES string of the molecule is O[C@]12CCCC[C@@H]1[C@H](c1cccc(Cl)c1)NCC2. The zero-order chi connectivity index (χ0) is 12.6. The molecule has 0 bridgehead atoms. The molecule has 1 heterocycles. The van der Waals surface area contributed by atoms with Crippen LogP contribution in [0.25, 0.3) is 0 Å². The van der Waals surface area contributed by atoms with Crippen molar-refractivity contribution in [3.8, 4) is 0 Å². The molecule has 2 N–H and O–H groups in total. The maximum absolute atomic E-state index is 10.8. The van der Waals surface area contributed by atoms with Gasteiger partial charge in [-0.15, -0.1) is 0 Å². The second-order valence-electron chi connectivity index (χ2n) is 5.69. The Balaban J connectivity index is 1.91. The van der Waals surface area contributed by atoms with Crippen LogP contribution in [0.2, 0.25) is 5.02 Å². The zero-order valence-corrected chi connectivity index (χ0v) is 11.3. The lowest BCUT2D eigenvalue weighted by molar-refractivity contribution is -0.0861. The lowest BCUT2D eigenvalue weighted by Crippen LogP contribution is -2.53. The minimum absolute atomic E-state index is 0.253. The van der Waals surface area contributed by atoms with E-state index in [2.05, 4.69) is 11.4 Å². The Bertz CT molecular complexity index is 432. The summed E-state index contributed by atoms with van der Waals surface area (Å²) in [6.07, 6.45) is 5.34. The van der Waals surface area contributed by atoms with Gasteiger partial charge in [0.05, 0.1) is 5.60 Å². The lowest BCUT2D eigenvalue weighted by atomic mass is 9.67. The number of halogens is 1. The molecule has 0 aromatic heterocycles. The van der Waals surface area contributed by atoms with Crippen LogP contribution >= 0.6 is 11.6 Å². The highest BCUT2D eigenvalue weighted by atomic mass is 35.5. The predicted molar refractivity (Wildman–Crippen MR) is 73.7 cm³/mol. The number of piperidine rings is 1. The maximum atomic E-state index is 10.8. The number of rotatable bonds is 1. The Hall–Kier alpha value is -0.570. The molecule has 1 aliphatic heterocycles. The molecule has 3 rings (SSSR count). The number of fused-ring (bicyclic) bond motifs is 1. The van der Waals surface area contributed by atoms with Crippen molar-refractivity contribution >= 4 is 11.6 Å². The summed E-state index contributed by atoms with van der Waals surface area (Å²) < 4.78 is 0. The van der Waals surface area contributed by atoms with Crippen molar-refractivity contribution in [3.05, 3.63) is 34.9 Å². The second kappa shape index (κ2) is 4.84. The molecular weight excluding hydrogens is 246 g/mol. The zero-order valence-electron chi connectivity index (χ0n) is 10.5. The molecule has 0 amide bonds. The molecule has 2 aliphatic rings. The van der Waals surface area contributed by atoms with Gasteiger partial charge in [0, 0.05) is 17.0 Å². The molecule has 1 aromatic rings. The van der Waals surface area contributed by atoms with Crippen molar-refractivity contribution in [1.29, 1.82) is 0 Å². The maximum Gasteiger partial charge on any atom is 0.0706 e. The summed E-state index contributed by atoms with van der Waals surface area (Å²) >= 11 is 6.08. The van der Waals surface area contributed by atoms with Crippen LogP contribution in [0.5, 0.6) is 0 Å². The van der Waals surface area contributed by atoms with Gasteiger partial charge < -0.3 is 10.4 Å². The lowest BCUT2D eigenvalue weighted by Gasteiger charge is -2.48. The first kappa shape index (κ1) is 12.5. The minimum Gasteiger partial charge on any atom is -0.389 e. The van der Waals surface area contributed by atoms with Crippen LogP contribution in [-0.4, -0.2) is 17.3 Å². The van der Waals surface area contributed by atoms with Gasteiger partial charge in [-0.25, -0.2) is 0 Å². The Morgan fingerprint density at radius 3 is 3.00 bits per heavy atom. The molecule has 3 heteroatoms. The van der Waals surface area contributed by atoms with Gasteiger partial charge in [0.1, 0.15) is 0 Å². The van der Waals surface area contributed by atoms with Gasteiger partial charge >= 0.3 is 0 Å². The molecule has 18 heavy (non-hydrogen) atoms. The van der Waals surface area contributed by atoms with Crippen LogP contribution in [-0.2, 0) is 0 Å². The van der Waals surface area contributed by atoms with E-state index >= 15 is 0 Å². The highest BCUT2D eigenvalue weighted by Gasteiger charge is 2.45. The van der Waals surface area contributed by atoms with Crippen molar-refractivity contribution in [1.82, 2.24) is 5.32 Å². The molecule has 1 aliphatic carbocycles. The summed E-state index contributed by atoms with van der Waals surface area (Å²) in [5.74, 6) is 0.332. The largest absolute Gasteiger partial charge is 0.389 e. The highest BCUT2D eigenvalue weighted by Crippen LogP contribution is 2.45. The summed E-state index contributed by atoms with van der Waals surface area (Å²) in [4.78, 5) is 0. The van der Waals surface area contributed by atoms with Gasteiger partial charge in [0.2, 0.25) is 0 Å². The first-order valence-corrected chi connectivity index (χ1v) is 7.28. The number of hydrogen-bond acceptors (Lipinski definition) is 2.